The Morgan fingerprint density at radius 1 is 0.706 bits per heavy atom. The fourth-order valence-corrected chi connectivity index (χ4v) is 6.47. The molecule has 0 unspecified atom stereocenters. The van der Waals surface area contributed by atoms with E-state index < -0.39 is 63.1 Å². The van der Waals surface area contributed by atoms with Gasteiger partial charge in [-0.25, -0.2) is 26.3 Å². The first-order chi connectivity index (χ1) is 15.9. The number of benzene rings is 2. The first-order valence-electron chi connectivity index (χ1n) is 10.5. The van der Waals surface area contributed by atoms with Crippen molar-refractivity contribution in [3.8, 4) is 0 Å². The van der Waals surface area contributed by atoms with Gasteiger partial charge in [0.25, 0.3) is 11.4 Å². The van der Waals surface area contributed by atoms with Gasteiger partial charge in [0.15, 0.2) is 9.79 Å². The quantitative estimate of drug-likeness (QED) is 0.302. The highest BCUT2D eigenvalue weighted by atomic mass is 32.2. The van der Waals surface area contributed by atoms with Crippen LogP contribution in [0.4, 0.5) is 11.4 Å². The molecule has 12 nitrogen and oxygen atoms in total. The molecule has 0 aliphatic carbocycles. The summed E-state index contributed by atoms with van der Waals surface area (Å²) in [6.45, 7) is 3.54. The van der Waals surface area contributed by atoms with Crippen LogP contribution in [0.3, 0.4) is 0 Å². The fraction of sp³-hybridized carbons (Fsp3) is 0.400. The third-order valence-electron chi connectivity index (χ3n) is 5.00. The molecule has 186 valence electrons. The number of nitrogens with one attached hydrogen (secondary N) is 2. The van der Waals surface area contributed by atoms with Crippen molar-refractivity contribution in [2.45, 2.75) is 61.4 Å². The molecular formula is C20H26N4O8S2. The Balaban J connectivity index is 2.45. The lowest BCUT2D eigenvalue weighted by molar-refractivity contribution is -0.388. The highest BCUT2D eigenvalue weighted by Crippen LogP contribution is 2.26. The van der Waals surface area contributed by atoms with E-state index in [1.807, 2.05) is 0 Å². The van der Waals surface area contributed by atoms with Gasteiger partial charge in [0.05, 0.1) is 9.85 Å². The van der Waals surface area contributed by atoms with Crippen LogP contribution in [0.1, 0.15) is 39.5 Å². The number of nitro groups is 2. The zero-order chi connectivity index (χ0) is 25.5. The standard InChI is InChI=1S/C20H26N4O8S2/c1-3-9-15(21-33(29,30)19-13-7-5-11-17(19)23(25)26)16(10-4-2)22-34(31,32)20-14-8-6-12-18(20)24(27)28/h5-8,11-16,21-22H,3-4,9-10H2,1-2H3/t15-,16+. The topological polar surface area (TPSA) is 179 Å². The van der Waals surface area contributed by atoms with Crippen LogP contribution in [0.25, 0.3) is 0 Å². The first-order valence-corrected chi connectivity index (χ1v) is 13.4. The third-order valence-corrected chi connectivity index (χ3v) is 8.08. The molecule has 14 heteroatoms. The van der Waals surface area contributed by atoms with Crippen LogP contribution in [0.15, 0.2) is 58.3 Å². The van der Waals surface area contributed by atoms with Crippen LogP contribution in [0.2, 0.25) is 0 Å². The number of hydrogen-bond donors (Lipinski definition) is 2. The summed E-state index contributed by atoms with van der Waals surface area (Å²) in [4.78, 5) is 19.9. The van der Waals surface area contributed by atoms with E-state index in [9.17, 15) is 37.1 Å². The molecule has 0 amide bonds. The molecule has 0 aromatic heterocycles. The smallest absolute Gasteiger partial charge is 0.258 e. The molecule has 2 rings (SSSR count). The van der Waals surface area contributed by atoms with E-state index in [1.54, 1.807) is 13.8 Å². The summed E-state index contributed by atoms with van der Waals surface area (Å²) in [6, 6.07) is 7.73. The van der Waals surface area contributed by atoms with Crippen LogP contribution >= 0.6 is 0 Å². The van der Waals surface area contributed by atoms with Crippen molar-refractivity contribution in [1.29, 1.82) is 0 Å². The highest BCUT2D eigenvalue weighted by Gasteiger charge is 2.34. The second kappa shape index (κ2) is 11.5. The van der Waals surface area contributed by atoms with Gasteiger partial charge in [-0.1, -0.05) is 51.0 Å². The molecule has 0 saturated carbocycles. The molecule has 0 bridgehead atoms. The van der Waals surface area contributed by atoms with Gasteiger partial charge in [-0.3, -0.25) is 20.2 Å². The van der Waals surface area contributed by atoms with Crippen LogP contribution in [-0.2, 0) is 20.0 Å². The average molecular weight is 515 g/mol. The number of para-hydroxylation sites is 2. The molecule has 2 aromatic rings. The van der Waals surface area contributed by atoms with Crippen molar-refractivity contribution in [1.82, 2.24) is 9.44 Å². The molecule has 0 spiro atoms. The first kappa shape index (κ1) is 27.3. The van der Waals surface area contributed by atoms with Crippen molar-refractivity contribution in [3.05, 3.63) is 68.8 Å². The molecule has 0 fully saturated rings. The summed E-state index contributed by atoms with van der Waals surface area (Å²) in [5.74, 6) is 0. The van der Waals surface area contributed by atoms with E-state index in [0.29, 0.717) is 12.8 Å². The Morgan fingerprint density at radius 2 is 1.03 bits per heavy atom. The summed E-state index contributed by atoms with van der Waals surface area (Å²) in [6.07, 6.45) is 1.36. The molecule has 0 aliphatic heterocycles. The SMILES string of the molecule is CCC[C@H](NS(=O)(=O)c1ccccc1[N+](=O)[O-])[C@@H](CCC)NS(=O)(=O)c1ccccc1[N+](=O)[O-]. The number of nitrogens with zero attached hydrogens (tertiary/aromatic N) is 2. The zero-order valence-corrected chi connectivity index (χ0v) is 20.2. The number of nitro benzene ring substituents is 2. The molecule has 34 heavy (non-hydrogen) atoms. The summed E-state index contributed by atoms with van der Waals surface area (Å²) in [5, 5.41) is 22.6. The van der Waals surface area contributed by atoms with E-state index in [2.05, 4.69) is 9.44 Å². The predicted octanol–water partition coefficient (Wildman–Crippen LogP) is 3.10. The maximum atomic E-state index is 13.0. The Labute approximate surface area is 197 Å². The largest absolute Gasteiger partial charge is 0.289 e. The normalized spacial score (nSPS) is 13.8. The molecule has 0 saturated heterocycles. The van der Waals surface area contributed by atoms with Crippen LogP contribution in [-0.4, -0.2) is 38.8 Å². The van der Waals surface area contributed by atoms with Crippen molar-refractivity contribution in [3.63, 3.8) is 0 Å². The molecule has 0 radical (unpaired) electrons. The zero-order valence-electron chi connectivity index (χ0n) is 18.6. The molecule has 0 aliphatic rings. The minimum atomic E-state index is -4.40. The van der Waals surface area contributed by atoms with Gasteiger partial charge in [0, 0.05) is 24.2 Å². The predicted molar refractivity (Wildman–Crippen MR) is 124 cm³/mol. The Kier molecular flexibility index (Phi) is 9.21. The third kappa shape index (κ3) is 6.56. The van der Waals surface area contributed by atoms with Gasteiger partial charge in [-0.2, -0.15) is 0 Å². The van der Waals surface area contributed by atoms with Crippen molar-refractivity contribution in [2.24, 2.45) is 0 Å². The lowest BCUT2D eigenvalue weighted by Gasteiger charge is -2.28. The summed E-state index contributed by atoms with van der Waals surface area (Å²) < 4.78 is 57.0. The van der Waals surface area contributed by atoms with Crippen LogP contribution in [0, 0.1) is 20.2 Å². The monoisotopic (exact) mass is 514 g/mol. The maximum absolute atomic E-state index is 13.0. The van der Waals surface area contributed by atoms with E-state index in [4.69, 9.17) is 0 Å². The average Bonchev–Trinajstić information content (AvgIpc) is 2.78. The van der Waals surface area contributed by atoms with Crippen molar-refractivity contribution in [2.75, 3.05) is 0 Å². The lowest BCUT2D eigenvalue weighted by atomic mass is 10.0. The molecule has 2 atom stereocenters. The van der Waals surface area contributed by atoms with Crippen LogP contribution in [0.5, 0.6) is 0 Å². The molecule has 2 aromatic carbocycles. The van der Waals surface area contributed by atoms with Crippen molar-refractivity contribution >= 4 is 31.4 Å². The Morgan fingerprint density at radius 3 is 1.32 bits per heavy atom. The van der Waals surface area contributed by atoms with Crippen molar-refractivity contribution < 1.29 is 26.7 Å². The molecule has 0 heterocycles. The molecular weight excluding hydrogens is 488 g/mol. The van der Waals surface area contributed by atoms with Gasteiger partial charge < -0.3 is 0 Å². The van der Waals surface area contributed by atoms with E-state index in [0.717, 1.165) is 24.3 Å². The minimum Gasteiger partial charge on any atom is -0.258 e. The second-order valence-corrected chi connectivity index (χ2v) is 10.8. The minimum absolute atomic E-state index is 0.212. The number of sulfonamides is 2. The summed E-state index contributed by atoms with van der Waals surface area (Å²) in [5.41, 5.74) is -1.23. The lowest BCUT2D eigenvalue weighted by Crippen LogP contribution is -2.51. The summed E-state index contributed by atoms with van der Waals surface area (Å²) in [7, 11) is -8.79. The van der Waals surface area contributed by atoms with Gasteiger partial charge >= 0.3 is 0 Å². The Bertz CT molecular complexity index is 1150. The van der Waals surface area contributed by atoms with E-state index in [-0.39, 0.29) is 12.8 Å². The Hall–Kier alpha value is -2.94. The van der Waals surface area contributed by atoms with Gasteiger partial charge in [-0.15, -0.1) is 0 Å². The maximum Gasteiger partial charge on any atom is 0.289 e. The second-order valence-electron chi connectivity index (χ2n) is 7.48. The van der Waals surface area contributed by atoms with E-state index >= 15 is 0 Å². The van der Waals surface area contributed by atoms with Gasteiger partial charge in [-0.05, 0) is 25.0 Å². The van der Waals surface area contributed by atoms with Gasteiger partial charge in [0.2, 0.25) is 20.0 Å². The molecule has 2 N–H and O–H groups in total. The van der Waals surface area contributed by atoms with Crippen LogP contribution < -0.4 is 9.44 Å². The highest BCUT2D eigenvalue weighted by molar-refractivity contribution is 7.90. The van der Waals surface area contributed by atoms with E-state index in [1.165, 1.54) is 24.3 Å². The van der Waals surface area contributed by atoms with Gasteiger partial charge in [0.1, 0.15) is 0 Å². The number of rotatable bonds is 13. The fourth-order valence-electron chi connectivity index (χ4n) is 3.50. The number of hydrogen-bond acceptors (Lipinski definition) is 8. The summed E-state index contributed by atoms with van der Waals surface area (Å²) >= 11 is 0.